The molecule has 140 valence electrons. The largest absolute Gasteiger partial charge is 0.484 e. The summed E-state index contributed by atoms with van der Waals surface area (Å²) in [7, 11) is 0. The van der Waals surface area contributed by atoms with E-state index in [1.165, 1.54) is 12.1 Å². The minimum atomic E-state index is -4.44. The lowest BCUT2D eigenvalue weighted by Gasteiger charge is -2.12. The van der Waals surface area contributed by atoms with Gasteiger partial charge in [0.1, 0.15) is 5.75 Å². The molecule has 2 N–H and O–H groups in total. The van der Waals surface area contributed by atoms with Crippen molar-refractivity contribution in [2.24, 2.45) is 0 Å². The fourth-order valence-electron chi connectivity index (χ4n) is 2.09. The van der Waals surface area contributed by atoms with Crippen LogP contribution >= 0.6 is 0 Å². The number of terminal acetylenes is 1. The monoisotopic (exact) mass is 376 g/mol. The summed E-state index contributed by atoms with van der Waals surface area (Å²) in [6, 6.07) is 10.3. The van der Waals surface area contributed by atoms with Crippen LogP contribution in [0.25, 0.3) is 0 Å². The zero-order valence-electron chi connectivity index (χ0n) is 14.0. The molecule has 0 fully saturated rings. The Morgan fingerprint density at radius 1 is 1.07 bits per heavy atom. The van der Waals surface area contributed by atoms with Gasteiger partial charge in [-0.25, -0.2) is 0 Å². The topological polar surface area (TPSA) is 67.4 Å². The summed E-state index contributed by atoms with van der Waals surface area (Å²) in [4.78, 5) is 24.0. The van der Waals surface area contributed by atoms with Crippen LogP contribution in [0.5, 0.6) is 5.75 Å². The lowest BCUT2D eigenvalue weighted by Crippen LogP contribution is -2.26. The van der Waals surface area contributed by atoms with Crippen LogP contribution in [0, 0.1) is 12.3 Å². The number of amides is 2. The number of rotatable bonds is 6. The number of para-hydroxylation sites is 1. The van der Waals surface area contributed by atoms with Crippen LogP contribution in [0.2, 0.25) is 0 Å². The highest BCUT2D eigenvalue weighted by Crippen LogP contribution is 2.30. The first kappa shape index (κ1) is 19.8. The number of carbonyl (C=O) groups excluding carboxylic acids is 2. The van der Waals surface area contributed by atoms with Crippen LogP contribution in [0.3, 0.4) is 0 Å². The lowest BCUT2D eigenvalue weighted by molar-refractivity contribution is -0.137. The van der Waals surface area contributed by atoms with Gasteiger partial charge in [-0.15, -0.1) is 6.42 Å². The van der Waals surface area contributed by atoms with Gasteiger partial charge >= 0.3 is 6.18 Å². The Morgan fingerprint density at radius 2 is 1.74 bits per heavy atom. The molecule has 0 heterocycles. The summed E-state index contributed by atoms with van der Waals surface area (Å²) < 4.78 is 42.7. The summed E-state index contributed by atoms with van der Waals surface area (Å²) in [6.45, 7) is -0.399. The molecule has 27 heavy (non-hydrogen) atoms. The van der Waals surface area contributed by atoms with E-state index in [0.717, 1.165) is 24.3 Å². The Hall–Kier alpha value is -3.47. The van der Waals surface area contributed by atoms with Crippen LogP contribution in [0.4, 0.5) is 18.9 Å². The van der Waals surface area contributed by atoms with Crippen LogP contribution in [0.15, 0.2) is 48.5 Å². The van der Waals surface area contributed by atoms with Gasteiger partial charge in [0, 0.05) is 0 Å². The quantitative estimate of drug-likeness (QED) is 0.762. The zero-order chi connectivity index (χ0) is 19.9. The van der Waals surface area contributed by atoms with Gasteiger partial charge in [0.2, 0.25) is 0 Å². The Bertz CT molecular complexity index is 856. The molecule has 2 rings (SSSR count). The van der Waals surface area contributed by atoms with Crippen molar-refractivity contribution in [3.05, 3.63) is 59.7 Å². The standard InChI is InChI=1S/C19H15F3N2O3/c1-2-11-23-18(26)15-5-3-4-6-16(15)24-17(25)12-27-14-9-7-13(8-10-14)19(20,21)22/h1,3-10H,11-12H2,(H,23,26)(H,24,25). The number of hydrogen-bond donors (Lipinski definition) is 2. The van der Waals surface area contributed by atoms with E-state index in [4.69, 9.17) is 11.2 Å². The SMILES string of the molecule is C#CCNC(=O)c1ccccc1NC(=O)COc1ccc(C(F)(F)F)cc1. The predicted octanol–water partition coefficient (Wildman–Crippen LogP) is 3.09. The second-order valence-electron chi connectivity index (χ2n) is 5.29. The number of anilines is 1. The third-order valence-electron chi connectivity index (χ3n) is 3.35. The molecule has 0 radical (unpaired) electrons. The van der Waals surface area contributed by atoms with E-state index in [2.05, 4.69) is 16.6 Å². The average Bonchev–Trinajstić information content (AvgIpc) is 2.64. The van der Waals surface area contributed by atoms with Gasteiger partial charge in [-0.3, -0.25) is 9.59 Å². The molecule has 0 aliphatic rings. The Balaban J connectivity index is 1.96. The minimum absolute atomic E-state index is 0.0398. The van der Waals surface area contributed by atoms with Crippen molar-refractivity contribution in [3.63, 3.8) is 0 Å². The molecule has 0 aliphatic carbocycles. The summed E-state index contributed by atoms with van der Waals surface area (Å²) in [5.74, 6) is 1.35. The molecule has 5 nitrogen and oxygen atoms in total. The molecular weight excluding hydrogens is 361 g/mol. The minimum Gasteiger partial charge on any atom is -0.484 e. The number of carbonyl (C=O) groups is 2. The second-order valence-corrected chi connectivity index (χ2v) is 5.29. The molecule has 0 spiro atoms. The van der Waals surface area contributed by atoms with Gasteiger partial charge in [-0.2, -0.15) is 13.2 Å². The number of nitrogens with one attached hydrogen (secondary N) is 2. The normalized spacial score (nSPS) is 10.6. The molecule has 2 amide bonds. The molecule has 0 saturated heterocycles. The Kier molecular flexibility index (Phi) is 6.44. The van der Waals surface area contributed by atoms with Crippen LogP contribution in [-0.2, 0) is 11.0 Å². The molecule has 0 bridgehead atoms. The third kappa shape index (κ3) is 5.78. The van der Waals surface area contributed by atoms with Gasteiger partial charge in [0.05, 0.1) is 23.4 Å². The van der Waals surface area contributed by atoms with E-state index in [9.17, 15) is 22.8 Å². The molecular formula is C19H15F3N2O3. The van der Waals surface area contributed by atoms with E-state index < -0.39 is 30.2 Å². The van der Waals surface area contributed by atoms with Gasteiger partial charge in [0.15, 0.2) is 6.61 Å². The van der Waals surface area contributed by atoms with Crippen LogP contribution < -0.4 is 15.4 Å². The van der Waals surface area contributed by atoms with Gasteiger partial charge in [0.25, 0.3) is 11.8 Å². The maximum atomic E-state index is 12.5. The summed E-state index contributed by atoms with van der Waals surface area (Å²) >= 11 is 0. The van der Waals surface area contributed by atoms with Crippen molar-refractivity contribution in [2.75, 3.05) is 18.5 Å². The fourth-order valence-corrected chi connectivity index (χ4v) is 2.09. The first-order valence-electron chi connectivity index (χ1n) is 7.72. The molecule has 0 atom stereocenters. The van der Waals surface area contributed by atoms with Crippen LogP contribution in [0.1, 0.15) is 15.9 Å². The number of benzene rings is 2. The Morgan fingerprint density at radius 3 is 2.37 bits per heavy atom. The van der Waals surface area contributed by atoms with Crippen molar-refractivity contribution in [2.45, 2.75) is 6.18 Å². The molecule has 0 aliphatic heterocycles. The second kappa shape index (κ2) is 8.76. The highest BCUT2D eigenvalue weighted by Gasteiger charge is 2.30. The summed E-state index contributed by atoms with van der Waals surface area (Å²) in [5.41, 5.74) is -0.338. The number of alkyl halides is 3. The third-order valence-corrected chi connectivity index (χ3v) is 3.35. The van der Waals surface area contributed by atoms with E-state index >= 15 is 0 Å². The maximum absolute atomic E-state index is 12.5. The zero-order valence-corrected chi connectivity index (χ0v) is 14.0. The predicted molar refractivity (Wildman–Crippen MR) is 93.2 cm³/mol. The first-order chi connectivity index (χ1) is 12.8. The van der Waals surface area contributed by atoms with Gasteiger partial charge in [-0.05, 0) is 36.4 Å². The summed E-state index contributed by atoms with van der Waals surface area (Å²) in [6.07, 6.45) is 0.643. The van der Waals surface area contributed by atoms with E-state index in [-0.39, 0.29) is 23.5 Å². The highest BCUT2D eigenvalue weighted by molar-refractivity contribution is 6.04. The summed E-state index contributed by atoms with van der Waals surface area (Å²) in [5, 5.41) is 5.01. The first-order valence-corrected chi connectivity index (χ1v) is 7.72. The highest BCUT2D eigenvalue weighted by atomic mass is 19.4. The van der Waals surface area contributed by atoms with E-state index in [0.29, 0.717) is 0 Å². The average molecular weight is 376 g/mol. The van der Waals surface area contributed by atoms with Crippen molar-refractivity contribution >= 4 is 17.5 Å². The number of hydrogen-bond acceptors (Lipinski definition) is 3. The van der Waals surface area contributed by atoms with Gasteiger partial charge in [-0.1, -0.05) is 18.1 Å². The Labute approximate surface area is 153 Å². The maximum Gasteiger partial charge on any atom is 0.416 e. The van der Waals surface area contributed by atoms with Crippen molar-refractivity contribution in [1.29, 1.82) is 0 Å². The molecule has 8 heteroatoms. The molecule has 0 saturated carbocycles. The lowest BCUT2D eigenvalue weighted by atomic mass is 10.1. The molecule has 0 aromatic heterocycles. The molecule has 2 aromatic rings. The smallest absolute Gasteiger partial charge is 0.416 e. The van der Waals surface area contributed by atoms with E-state index in [1.54, 1.807) is 12.1 Å². The number of halogens is 3. The van der Waals surface area contributed by atoms with Crippen molar-refractivity contribution < 1.29 is 27.5 Å². The molecule has 2 aromatic carbocycles. The molecule has 0 unspecified atom stereocenters. The van der Waals surface area contributed by atoms with Crippen LogP contribution in [-0.4, -0.2) is 25.0 Å². The van der Waals surface area contributed by atoms with Crippen molar-refractivity contribution in [3.8, 4) is 18.1 Å². The van der Waals surface area contributed by atoms with Crippen molar-refractivity contribution in [1.82, 2.24) is 5.32 Å². The van der Waals surface area contributed by atoms with E-state index in [1.807, 2.05) is 0 Å². The number of ether oxygens (including phenoxy) is 1. The fraction of sp³-hybridized carbons (Fsp3) is 0.158. The van der Waals surface area contributed by atoms with Gasteiger partial charge < -0.3 is 15.4 Å².